The zero-order valence-corrected chi connectivity index (χ0v) is 16.9. The van der Waals surface area contributed by atoms with Gasteiger partial charge in [0.05, 0.1) is 25.5 Å². The minimum Gasteiger partial charge on any atom is -0.492 e. The average Bonchev–Trinajstić information content (AvgIpc) is 3.44. The molecule has 0 spiro atoms. The Morgan fingerprint density at radius 2 is 1.97 bits per heavy atom. The van der Waals surface area contributed by atoms with E-state index in [4.69, 9.17) is 4.42 Å². The normalized spacial score (nSPS) is 20.9. The fourth-order valence-electron chi connectivity index (χ4n) is 4.04. The van der Waals surface area contributed by atoms with Crippen LogP contribution in [0.2, 0.25) is 0 Å². The van der Waals surface area contributed by atoms with Crippen LogP contribution < -0.4 is 4.90 Å². The van der Waals surface area contributed by atoms with E-state index in [9.17, 15) is 10.2 Å². The number of aryl methyl sites for hydroxylation is 1. The average molecular weight is 412 g/mol. The van der Waals surface area contributed by atoms with Crippen LogP contribution in [0.25, 0.3) is 16.5 Å². The predicted molar refractivity (Wildman–Crippen MR) is 109 cm³/mol. The van der Waals surface area contributed by atoms with Crippen LogP contribution in [0.5, 0.6) is 5.88 Å². The molecule has 7 nitrogen and oxygen atoms in total. The van der Waals surface area contributed by atoms with E-state index >= 15 is 0 Å². The summed E-state index contributed by atoms with van der Waals surface area (Å²) < 4.78 is 6.88. The van der Waals surface area contributed by atoms with Gasteiger partial charge in [-0.2, -0.15) is 9.50 Å². The van der Waals surface area contributed by atoms with Crippen LogP contribution in [0, 0.1) is 6.92 Å². The summed E-state index contributed by atoms with van der Waals surface area (Å²) in [6, 6.07) is 12.0. The van der Waals surface area contributed by atoms with Gasteiger partial charge in [0.2, 0.25) is 16.7 Å². The molecule has 4 aromatic rings. The summed E-state index contributed by atoms with van der Waals surface area (Å²) in [5.74, 6) is 1.16. The highest BCUT2D eigenvalue weighted by atomic mass is 32.1. The molecule has 0 saturated carbocycles. The van der Waals surface area contributed by atoms with Crippen molar-refractivity contribution in [3.8, 4) is 17.5 Å². The molecule has 150 valence electrons. The lowest BCUT2D eigenvalue weighted by molar-refractivity contribution is -0.931. The van der Waals surface area contributed by atoms with Gasteiger partial charge < -0.3 is 19.5 Å². The van der Waals surface area contributed by atoms with Crippen molar-refractivity contribution in [2.45, 2.75) is 31.9 Å². The number of quaternary nitrogens is 1. The summed E-state index contributed by atoms with van der Waals surface area (Å²) in [5.41, 5.74) is 2.35. The maximum absolute atomic E-state index is 11.0. The predicted octanol–water partition coefficient (Wildman–Crippen LogP) is 2.19. The van der Waals surface area contributed by atoms with Gasteiger partial charge >= 0.3 is 0 Å². The van der Waals surface area contributed by atoms with E-state index in [1.54, 1.807) is 18.4 Å². The smallest absolute Gasteiger partial charge is 0.235 e. The number of thiazole rings is 1. The molecule has 1 saturated heterocycles. The van der Waals surface area contributed by atoms with Gasteiger partial charge in [0.15, 0.2) is 11.8 Å². The molecule has 0 aliphatic carbocycles. The molecule has 1 aromatic carbocycles. The van der Waals surface area contributed by atoms with Crippen molar-refractivity contribution in [2.75, 3.05) is 13.1 Å². The van der Waals surface area contributed by atoms with Crippen molar-refractivity contribution in [3.63, 3.8) is 0 Å². The minimum atomic E-state index is -0.232. The van der Waals surface area contributed by atoms with Crippen molar-refractivity contribution < 1.29 is 19.5 Å². The molecule has 8 heteroatoms. The molecule has 3 aromatic heterocycles. The molecule has 0 bridgehead atoms. The Labute approximate surface area is 171 Å². The van der Waals surface area contributed by atoms with Crippen molar-refractivity contribution in [1.82, 2.24) is 14.6 Å². The summed E-state index contributed by atoms with van der Waals surface area (Å²) in [6.45, 7) is 3.77. The van der Waals surface area contributed by atoms with Gasteiger partial charge in [0.25, 0.3) is 0 Å². The monoisotopic (exact) mass is 411 g/mol. The van der Waals surface area contributed by atoms with Gasteiger partial charge in [-0.1, -0.05) is 41.2 Å². The number of rotatable bonds is 4. The van der Waals surface area contributed by atoms with E-state index in [1.165, 1.54) is 26.3 Å². The molecule has 1 fully saturated rings. The van der Waals surface area contributed by atoms with Gasteiger partial charge in [-0.25, -0.2) is 0 Å². The fourth-order valence-corrected chi connectivity index (χ4v) is 5.18. The van der Waals surface area contributed by atoms with Gasteiger partial charge in [-0.3, -0.25) is 0 Å². The first-order valence-corrected chi connectivity index (χ1v) is 10.6. The number of nitrogens with one attached hydrogen (secondary N) is 1. The number of hydrogen-bond acceptors (Lipinski definition) is 6. The number of nitrogens with zero attached hydrogens (tertiary/aromatic N) is 3. The Kier molecular flexibility index (Phi) is 4.61. The topological polar surface area (TPSA) is 88.2 Å². The van der Waals surface area contributed by atoms with Crippen LogP contribution in [0.4, 0.5) is 0 Å². The Balaban J connectivity index is 1.57. The molecule has 3 N–H and O–H groups in total. The summed E-state index contributed by atoms with van der Waals surface area (Å²) in [6.07, 6.45) is 2.88. The molecule has 4 heterocycles. The first kappa shape index (κ1) is 18.4. The summed E-state index contributed by atoms with van der Waals surface area (Å²) in [7, 11) is 0. The van der Waals surface area contributed by atoms with Gasteiger partial charge in [-0.15, -0.1) is 5.10 Å². The van der Waals surface area contributed by atoms with E-state index in [0.717, 1.165) is 36.4 Å². The van der Waals surface area contributed by atoms with E-state index < -0.39 is 0 Å². The molecule has 0 unspecified atom stereocenters. The van der Waals surface area contributed by atoms with E-state index in [2.05, 4.69) is 41.3 Å². The summed E-state index contributed by atoms with van der Waals surface area (Å²) in [4.78, 5) is 7.37. The lowest BCUT2D eigenvalue weighted by Gasteiger charge is -2.33. The number of hydrogen-bond donors (Lipinski definition) is 3. The number of furan rings is 1. The van der Waals surface area contributed by atoms with Crippen LogP contribution >= 0.6 is 11.3 Å². The number of aliphatic hydroxyl groups excluding tert-OH is 1. The Bertz CT molecular complexity index is 1110. The van der Waals surface area contributed by atoms with Crippen LogP contribution in [0.15, 0.2) is 47.1 Å². The van der Waals surface area contributed by atoms with Crippen molar-refractivity contribution in [1.29, 1.82) is 0 Å². The second kappa shape index (κ2) is 7.29. The van der Waals surface area contributed by atoms with Crippen molar-refractivity contribution >= 4 is 16.3 Å². The molecule has 1 atom stereocenters. The molecule has 1 aliphatic rings. The number of benzene rings is 1. The Hall–Kier alpha value is -2.68. The third-order valence-corrected chi connectivity index (χ3v) is 6.70. The Morgan fingerprint density at radius 3 is 2.62 bits per heavy atom. The number of aliphatic hydroxyl groups is 1. The first-order valence-electron chi connectivity index (χ1n) is 9.81. The Morgan fingerprint density at radius 1 is 1.21 bits per heavy atom. The van der Waals surface area contributed by atoms with Crippen LogP contribution in [0.1, 0.15) is 34.9 Å². The van der Waals surface area contributed by atoms with Gasteiger partial charge in [0, 0.05) is 18.4 Å². The van der Waals surface area contributed by atoms with Gasteiger partial charge in [-0.05, 0) is 19.1 Å². The van der Waals surface area contributed by atoms with Crippen molar-refractivity contribution in [3.05, 3.63) is 58.7 Å². The van der Waals surface area contributed by atoms with Crippen molar-refractivity contribution in [2.24, 2.45) is 0 Å². The number of aromatic hydroxyl groups is 1. The van der Waals surface area contributed by atoms with Crippen LogP contribution in [-0.4, -0.2) is 44.0 Å². The molecular weight excluding hydrogens is 388 g/mol. The fraction of sp³-hybridized carbons (Fsp3) is 0.333. The number of likely N-dealkylation sites (tertiary alicyclic amines) is 1. The first-order chi connectivity index (χ1) is 14.1. The second-order valence-corrected chi connectivity index (χ2v) is 8.64. The van der Waals surface area contributed by atoms with E-state index in [0.29, 0.717) is 16.5 Å². The van der Waals surface area contributed by atoms with E-state index in [-0.39, 0.29) is 18.0 Å². The number of fused-ring (bicyclic) bond motifs is 1. The SMILES string of the molecule is Cc1ccc([C@@H](c2sc3nc(-c4ccco4)nn3c2O)[NH+]2CCC(O)CC2)cc1. The number of aromatic nitrogens is 3. The maximum Gasteiger partial charge on any atom is 0.235 e. The lowest BCUT2D eigenvalue weighted by atomic mass is 9.98. The molecule has 29 heavy (non-hydrogen) atoms. The standard InChI is InChI=1S/C21H22N4O3S/c1-13-4-6-14(7-5-13)17(24-10-8-15(26)9-11-24)18-20(27)25-21(29-18)22-19(23-25)16-3-2-12-28-16/h2-7,12,15,17,26-27H,8-11H2,1H3/p+1/t17-/m0/s1. The highest BCUT2D eigenvalue weighted by Gasteiger charge is 2.35. The van der Waals surface area contributed by atoms with E-state index in [1.807, 2.05) is 0 Å². The van der Waals surface area contributed by atoms with Crippen LogP contribution in [-0.2, 0) is 0 Å². The quantitative estimate of drug-likeness (QED) is 0.479. The maximum atomic E-state index is 11.0. The highest BCUT2D eigenvalue weighted by molar-refractivity contribution is 7.17. The molecule has 0 radical (unpaired) electrons. The second-order valence-electron chi connectivity index (χ2n) is 7.63. The molecule has 0 amide bonds. The zero-order chi connectivity index (χ0) is 20.0. The van der Waals surface area contributed by atoms with Crippen LogP contribution in [0.3, 0.4) is 0 Å². The summed E-state index contributed by atoms with van der Waals surface area (Å²) >= 11 is 1.46. The third-order valence-electron chi connectivity index (χ3n) is 5.62. The minimum absolute atomic E-state index is 0.0244. The third kappa shape index (κ3) is 3.33. The molecular formula is C21H23N4O3S+. The molecule has 1 aliphatic heterocycles. The lowest BCUT2D eigenvalue weighted by Crippen LogP contribution is -3.13. The van der Waals surface area contributed by atoms with Gasteiger partial charge in [0.1, 0.15) is 4.88 Å². The summed E-state index contributed by atoms with van der Waals surface area (Å²) in [5, 5.41) is 25.4. The largest absolute Gasteiger partial charge is 0.492 e. The number of piperidine rings is 1. The highest BCUT2D eigenvalue weighted by Crippen LogP contribution is 2.36. The molecule has 5 rings (SSSR count). The zero-order valence-electron chi connectivity index (χ0n) is 16.1.